The maximum absolute atomic E-state index is 2.56. The van der Waals surface area contributed by atoms with E-state index in [0.29, 0.717) is 11.3 Å². The highest BCUT2D eigenvalue weighted by Crippen LogP contribution is 2.34. The van der Waals surface area contributed by atoms with Crippen LogP contribution >= 0.6 is 0 Å². The third kappa shape index (κ3) is 2.99. The first-order valence-electron chi connectivity index (χ1n) is 10.3. The van der Waals surface area contributed by atoms with Crippen LogP contribution in [0.4, 0.5) is 0 Å². The summed E-state index contributed by atoms with van der Waals surface area (Å²) in [6.07, 6.45) is 2.31. The second kappa shape index (κ2) is 6.22. The molecule has 0 radical (unpaired) electrons. The molecule has 0 aliphatic carbocycles. The molecule has 2 nitrogen and oxygen atoms in total. The van der Waals surface area contributed by atoms with E-state index in [0.717, 1.165) is 19.4 Å². The fourth-order valence-electron chi connectivity index (χ4n) is 4.72. The topological polar surface area (TPSA) is 8.81 Å². The lowest BCUT2D eigenvalue weighted by atomic mass is 9.85. The molecule has 0 bridgehead atoms. The van der Waals surface area contributed by atoms with Gasteiger partial charge in [0.05, 0.1) is 19.2 Å². The fourth-order valence-corrected chi connectivity index (χ4v) is 4.72. The monoisotopic (exact) mass is 361 g/mol. The standard InChI is InChI=1S/C25H33N2/c1-16(2)18-8-10-20(17(3)14-18)24-26(7)22-11-9-19(15-25(4,5)6)21-12-13-27(24)23(21)22/h8-11,14,16H,12-13,15H2,1-7H3/q+1. The van der Waals surface area contributed by atoms with Crippen LogP contribution in [0.1, 0.15) is 62.8 Å². The maximum Gasteiger partial charge on any atom is 0.289 e. The molecule has 2 heterocycles. The average Bonchev–Trinajstić information content (AvgIpc) is 3.11. The van der Waals surface area contributed by atoms with E-state index in [9.17, 15) is 0 Å². The number of hydrogen-bond acceptors (Lipinski definition) is 0. The van der Waals surface area contributed by atoms with Gasteiger partial charge in [-0.15, -0.1) is 0 Å². The molecule has 1 aromatic heterocycles. The molecule has 0 N–H and O–H groups in total. The van der Waals surface area contributed by atoms with Gasteiger partial charge in [0.15, 0.2) is 11.0 Å². The molecule has 3 aromatic rings. The van der Waals surface area contributed by atoms with Gasteiger partial charge in [-0.2, -0.15) is 0 Å². The van der Waals surface area contributed by atoms with Crippen LogP contribution in [0.15, 0.2) is 30.3 Å². The summed E-state index contributed by atoms with van der Waals surface area (Å²) in [5, 5.41) is 0. The number of hydrogen-bond donors (Lipinski definition) is 0. The molecular weight excluding hydrogens is 328 g/mol. The Labute approximate surface area is 163 Å². The van der Waals surface area contributed by atoms with E-state index in [1.54, 1.807) is 5.56 Å². The van der Waals surface area contributed by atoms with Gasteiger partial charge < -0.3 is 0 Å². The molecule has 0 unspecified atom stereocenters. The summed E-state index contributed by atoms with van der Waals surface area (Å²) in [7, 11) is 2.22. The lowest BCUT2D eigenvalue weighted by molar-refractivity contribution is -0.653. The van der Waals surface area contributed by atoms with Gasteiger partial charge in [0.2, 0.25) is 0 Å². The summed E-state index contributed by atoms with van der Waals surface area (Å²) < 4.78 is 4.96. The van der Waals surface area contributed by atoms with Crippen LogP contribution < -0.4 is 4.57 Å². The summed E-state index contributed by atoms with van der Waals surface area (Å²) >= 11 is 0. The summed E-state index contributed by atoms with van der Waals surface area (Å²) in [5.41, 5.74) is 10.4. The number of aromatic nitrogens is 2. The third-order valence-electron chi connectivity index (χ3n) is 6.03. The summed E-state index contributed by atoms with van der Waals surface area (Å²) in [6.45, 7) is 14.9. The predicted octanol–water partition coefficient (Wildman–Crippen LogP) is 5.71. The van der Waals surface area contributed by atoms with E-state index < -0.39 is 0 Å². The van der Waals surface area contributed by atoms with Crippen LogP contribution in [0, 0.1) is 12.3 Å². The highest BCUT2D eigenvalue weighted by Gasteiger charge is 2.33. The third-order valence-corrected chi connectivity index (χ3v) is 6.03. The first kappa shape index (κ1) is 18.3. The summed E-state index contributed by atoms with van der Waals surface area (Å²) in [5.74, 6) is 1.92. The predicted molar refractivity (Wildman–Crippen MR) is 114 cm³/mol. The van der Waals surface area contributed by atoms with Crippen molar-refractivity contribution >= 4 is 11.0 Å². The first-order valence-corrected chi connectivity index (χ1v) is 10.3. The van der Waals surface area contributed by atoms with Gasteiger partial charge >= 0.3 is 0 Å². The van der Waals surface area contributed by atoms with E-state index in [1.807, 2.05) is 0 Å². The minimum Gasteiger partial charge on any atom is -0.226 e. The van der Waals surface area contributed by atoms with Crippen molar-refractivity contribution in [3.63, 3.8) is 0 Å². The minimum atomic E-state index is 0.318. The number of nitrogens with zero attached hydrogens (tertiary/aromatic N) is 2. The van der Waals surface area contributed by atoms with Crippen molar-refractivity contribution in [2.75, 3.05) is 0 Å². The molecule has 0 atom stereocenters. The van der Waals surface area contributed by atoms with Gasteiger partial charge in [-0.05, 0) is 53.5 Å². The van der Waals surface area contributed by atoms with Crippen molar-refractivity contribution in [1.29, 1.82) is 0 Å². The highest BCUT2D eigenvalue weighted by atomic mass is 15.2. The molecule has 1 aliphatic rings. The van der Waals surface area contributed by atoms with Crippen LogP contribution in [0.3, 0.4) is 0 Å². The Morgan fingerprint density at radius 3 is 2.48 bits per heavy atom. The van der Waals surface area contributed by atoms with Crippen molar-refractivity contribution in [3.05, 3.63) is 52.6 Å². The van der Waals surface area contributed by atoms with E-state index in [1.165, 1.54) is 39.1 Å². The Morgan fingerprint density at radius 1 is 1.11 bits per heavy atom. The molecule has 4 rings (SSSR count). The van der Waals surface area contributed by atoms with Crippen LogP contribution in [0.2, 0.25) is 0 Å². The van der Waals surface area contributed by atoms with Gasteiger partial charge in [-0.3, -0.25) is 0 Å². The Bertz CT molecular complexity index is 1030. The Hall–Kier alpha value is -2.09. The van der Waals surface area contributed by atoms with Gasteiger partial charge in [0, 0.05) is 12.0 Å². The molecule has 0 amide bonds. The van der Waals surface area contributed by atoms with E-state index in [2.05, 4.69) is 88.1 Å². The lowest BCUT2D eigenvalue weighted by Crippen LogP contribution is -2.33. The fraction of sp³-hybridized carbons (Fsp3) is 0.480. The van der Waals surface area contributed by atoms with E-state index in [4.69, 9.17) is 0 Å². The SMILES string of the molecule is Cc1cc(C(C)C)ccc1-c1n(C)c2ccc(CC(C)(C)C)c3c2[n+]1CC3. The number of benzene rings is 2. The molecule has 1 aliphatic heterocycles. The van der Waals surface area contributed by atoms with Gasteiger partial charge in [0.1, 0.15) is 0 Å². The van der Waals surface area contributed by atoms with Crippen LogP contribution in [-0.4, -0.2) is 4.57 Å². The number of aryl methyl sites for hydroxylation is 4. The lowest BCUT2D eigenvalue weighted by Gasteiger charge is -2.19. The Kier molecular flexibility index (Phi) is 4.21. The number of imidazole rings is 1. The summed E-state index contributed by atoms with van der Waals surface area (Å²) in [6, 6.07) is 11.7. The quantitative estimate of drug-likeness (QED) is 0.528. The van der Waals surface area contributed by atoms with Gasteiger partial charge in [-0.25, -0.2) is 9.13 Å². The van der Waals surface area contributed by atoms with E-state index in [-0.39, 0.29) is 0 Å². The molecule has 142 valence electrons. The van der Waals surface area contributed by atoms with Crippen molar-refractivity contribution in [3.8, 4) is 11.4 Å². The second-order valence-electron chi connectivity index (χ2n) is 9.82. The van der Waals surface area contributed by atoms with Gasteiger partial charge in [-0.1, -0.05) is 52.8 Å². The zero-order chi connectivity index (χ0) is 19.5. The molecule has 27 heavy (non-hydrogen) atoms. The van der Waals surface area contributed by atoms with Crippen LogP contribution in [-0.2, 0) is 26.4 Å². The zero-order valence-electron chi connectivity index (χ0n) is 18.0. The molecule has 0 saturated carbocycles. The first-order chi connectivity index (χ1) is 12.7. The van der Waals surface area contributed by atoms with Gasteiger partial charge in [0.25, 0.3) is 5.82 Å². The molecule has 0 spiro atoms. The molecule has 2 heteroatoms. The van der Waals surface area contributed by atoms with Crippen molar-refractivity contribution in [2.24, 2.45) is 12.5 Å². The highest BCUT2D eigenvalue weighted by molar-refractivity contribution is 5.81. The zero-order valence-corrected chi connectivity index (χ0v) is 18.0. The summed E-state index contributed by atoms with van der Waals surface area (Å²) in [4.78, 5) is 0. The average molecular weight is 362 g/mol. The van der Waals surface area contributed by atoms with Crippen molar-refractivity contribution in [1.82, 2.24) is 4.57 Å². The maximum atomic E-state index is 2.56. The smallest absolute Gasteiger partial charge is 0.226 e. The Balaban J connectivity index is 1.91. The Morgan fingerprint density at radius 2 is 1.85 bits per heavy atom. The molecular formula is C25H33N2+. The molecule has 0 fully saturated rings. The van der Waals surface area contributed by atoms with Crippen LogP contribution in [0.5, 0.6) is 0 Å². The molecule has 0 saturated heterocycles. The minimum absolute atomic E-state index is 0.318. The number of rotatable bonds is 3. The van der Waals surface area contributed by atoms with Crippen molar-refractivity contribution < 1.29 is 4.57 Å². The van der Waals surface area contributed by atoms with E-state index >= 15 is 0 Å². The normalized spacial score (nSPS) is 13.9. The van der Waals surface area contributed by atoms with Crippen molar-refractivity contribution in [2.45, 2.75) is 66.8 Å². The largest absolute Gasteiger partial charge is 0.289 e. The second-order valence-corrected chi connectivity index (χ2v) is 9.82. The molecule has 2 aromatic carbocycles. The van der Waals surface area contributed by atoms with Crippen LogP contribution in [0.25, 0.3) is 22.4 Å².